The highest BCUT2D eigenvalue weighted by Crippen LogP contribution is 2.24. The van der Waals surface area contributed by atoms with E-state index in [1.165, 1.54) is 0 Å². The lowest BCUT2D eigenvalue weighted by Gasteiger charge is -2.18. The minimum atomic E-state index is -0.270. The van der Waals surface area contributed by atoms with E-state index in [4.69, 9.17) is 10.3 Å². The number of aryl methyl sites for hydroxylation is 2. The van der Waals surface area contributed by atoms with Gasteiger partial charge >= 0.3 is 0 Å². The zero-order chi connectivity index (χ0) is 10.1. The molecule has 0 amide bonds. The molecule has 0 bridgehead atoms. The average Bonchev–Trinajstić information content (AvgIpc) is 2.33. The second-order valence-corrected chi connectivity index (χ2v) is 3.86. The molecule has 4 nitrogen and oxygen atoms in total. The van der Waals surface area contributed by atoms with E-state index in [0.29, 0.717) is 12.5 Å². The minimum Gasteiger partial charge on any atom is -0.445 e. The summed E-state index contributed by atoms with van der Waals surface area (Å²) in [4.78, 5) is 8.91. The molecule has 0 saturated carbocycles. The maximum atomic E-state index is 5.48. The summed E-state index contributed by atoms with van der Waals surface area (Å²) in [6, 6.07) is 0. The monoisotopic (exact) mass is 184 g/mol. The highest BCUT2D eigenvalue weighted by Gasteiger charge is 2.27. The Morgan fingerprint density at radius 2 is 2.08 bits per heavy atom. The van der Waals surface area contributed by atoms with Crippen LogP contribution in [0.3, 0.4) is 0 Å². The van der Waals surface area contributed by atoms with E-state index in [0.717, 1.165) is 11.5 Å². The lowest BCUT2D eigenvalue weighted by atomic mass is 9.95. The molecule has 0 aliphatic heterocycles. The molecule has 0 radical (unpaired) electrons. The Morgan fingerprint density at radius 3 is 2.46 bits per heavy atom. The Bertz CT molecular complexity index is 272. The van der Waals surface area contributed by atoms with Gasteiger partial charge in [0.05, 0.1) is 17.7 Å². The van der Waals surface area contributed by atoms with Gasteiger partial charge in [-0.25, -0.2) is 10.9 Å². The molecule has 0 aliphatic rings. The van der Waals surface area contributed by atoms with Gasteiger partial charge in [0.1, 0.15) is 5.76 Å². The van der Waals surface area contributed by atoms with Gasteiger partial charge < -0.3 is 9.25 Å². The summed E-state index contributed by atoms with van der Waals surface area (Å²) in [5.74, 6) is 6.55. The van der Waals surface area contributed by atoms with E-state index in [1.54, 1.807) is 0 Å². The molecule has 0 spiro atoms. The zero-order valence-corrected chi connectivity index (χ0v) is 8.55. The molecule has 0 aliphatic carbocycles. The first-order chi connectivity index (χ1) is 5.97. The summed E-state index contributed by atoms with van der Waals surface area (Å²) in [7, 11) is 0. The molecule has 1 aromatic heterocycles. The van der Waals surface area contributed by atoms with Crippen LogP contribution in [0.2, 0.25) is 0 Å². The fourth-order valence-electron chi connectivity index (χ4n) is 1.03. The van der Waals surface area contributed by atoms with Crippen LogP contribution in [0.1, 0.15) is 31.2 Å². The molecule has 1 aromatic rings. The van der Waals surface area contributed by atoms with Gasteiger partial charge in [-0.2, -0.15) is 0 Å². The summed E-state index contributed by atoms with van der Waals surface area (Å²) in [6.07, 6.45) is 0. The van der Waals surface area contributed by atoms with Gasteiger partial charge in [0.15, 0.2) is 0 Å². The van der Waals surface area contributed by atoms with Crippen LogP contribution in [0.4, 0.5) is 0 Å². The fourth-order valence-corrected chi connectivity index (χ4v) is 1.03. The van der Waals surface area contributed by atoms with Gasteiger partial charge in [0, 0.05) is 0 Å². The second-order valence-electron chi connectivity index (χ2n) is 3.86. The number of nitrogens with two attached hydrogens (primary N) is 1. The quantitative estimate of drug-likeness (QED) is 0.722. The van der Waals surface area contributed by atoms with E-state index >= 15 is 0 Å². The lowest BCUT2D eigenvalue weighted by molar-refractivity contribution is 0.0853. The number of nitrogens with zero attached hydrogens (tertiary/aromatic N) is 1. The molecular formula is C9H16N2O2. The first-order valence-electron chi connectivity index (χ1n) is 4.23. The van der Waals surface area contributed by atoms with Crippen LogP contribution in [0, 0.1) is 13.8 Å². The summed E-state index contributed by atoms with van der Waals surface area (Å²) in [5.41, 5.74) is 0.647. The lowest BCUT2D eigenvalue weighted by Crippen LogP contribution is -2.26. The van der Waals surface area contributed by atoms with Crippen LogP contribution < -0.4 is 5.90 Å². The molecule has 0 aromatic carbocycles. The Morgan fingerprint density at radius 1 is 1.46 bits per heavy atom. The summed E-state index contributed by atoms with van der Waals surface area (Å²) in [6.45, 7) is 8.16. The van der Waals surface area contributed by atoms with Gasteiger partial charge in [-0.1, -0.05) is 0 Å². The molecule has 1 rings (SSSR count). The van der Waals surface area contributed by atoms with Gasteiger partial charge in [-0.05, 0) is 27.7 Å². The van der Waals surface area contributed by atoms with Gasteiger partial charge in [-0.3, -0.25) is 0 Å². The maximum Gasteiger partial charge on any atom is 0.202 e. The predicted octanol–water partition coefficient (Wildman–Crippen LogP) is 1.46. The first kappa shape index (κ1) is 10.2. The van der Waals surface area contributed by atoms with Crippen LogP contribution in [-0.4, -0.2) is 11.6 Å². The number of hydrogen-bond acceptors (Lipinski definition) is 4. The smallest absolute Gasteiger partial charge is 0.202 e. The Kier molecular flexibility index (Phi) is 2.73. The van der Waals surface area contributed by atoms with Crippen LogP contribution in [0.25, 0.3) is 0 Å². The van der Waals surface area contributed by atoms with Crippen molar-refractivity contribution in [3.63, 3.8) is 0 Å². The van der Waals surface area contributed by atoms with E-state index in [-0.39, 0.29) is 5.41 Å². The van der Waals surface area contributed by atoms with Crippen LogP contribution >= 0.6 is 0 Å². The van der Waals surface area contributed by atoms with E-state index < -0.39 is 0 Å². The van der Waals surface area contributed by atoms with Crippen molar-refractivity contribution in [3.05, 3.63) is 17.3 Å². The minimum absolute atomic E-state index is 0.270. The summed E-state index contributed by atoms with van der Waals surface area (Å²) < 4.78 is 5.48. The van der Waals surface area contributed by atoms with E-state index in [9.17, 15) is 0 Å². The highest BCUT2D eigenvalue weighted by atomic mass is 16.6. The van der Waals surface area contributed by atoms with Crippen molar-refractivity contribution in [2.75, 3.05) is 6.61 Å². The third kappa shape index (κ3) is 2.08. The van der Waals surface area contributed by atoms with Crippen molar-refractivity contribution in [2.24, 2.45) is 5.90 Å². The topological polar surface area (TPSA) is 61.3 Å². The first-order valence-corrected chi connectivity index (χ1v) is 4.23. The molecule has 1 heterocycles. The molecule has 2 N–H and O–H groups in total. The van der Waals surface area contributed by atoms with Crippen molar-refractivity contribution in [2.45, 2.75) is 33.1 Å². The summed E-state index contributed by atoms with van der Waals surface area (Å²) >= 11 is 0. The van der Waals surface area contributed by atoms with Crippen molar-refractivity contribution < 1.29 is 9.25 Å². The highest BCUT2D eigenvalue weighted by molar-refractivity contribution is 5.10. The van der Waals surface area contributed by atoms with Crippen LogP contribution in [0.15, 0.2) is 4.42 Å². The molecule has 13 heavy (non-hydrogen) atoms. The van der Waals surface area contributed by atoms with Crippen molar-refractivity contribution >= 4 is 0 Å². The Balaban J connectivity index is 2.93. The third-order valence-corrected chi connectivity index (χ3v) is 2.05. The predicted molar refractivity (Wildman–Crippen MR) is 49.1 cm³/mol. The molecule has 0 unspecified atom stereocenters. The second kappa shape index (κ2) is 3.47. The molecule has 74 valence electrons. The maximum absolute atomic E-state index is 5.48. The Labute approximate surface area is 78.0 Å². The molecule has 0 fully saturated rings. The van der Waals surface area contributed by atoms with Crippen LogP contribution in [-0.2, 0) is 10.3 Å². The van der Waals surface area contributed by atoms with Crippen molar-refractivity contribution in [1.29, 1.82) is 0 Å². The molecule has 0 saturated heterocycles. The molecule has 0 atom stereocenters. The van der Waals surface area contributed by atoms with Crippen LogP contribution in [0.5, 0.6) is 0 Å². The largest absolute Gasteiger partial charge is 0.445 e. The number of oxazole rings is 1. The summed E-state index contributed by atoms with van der Waals surface area (Å²) in [5, 5.41) is 0. The van der Waals surface area contributed by atoms with E-state index in [1.807, 2.05) is 27.7 Å². The third-order valence-electron chi connectivity index (χ3n) is 2.05. The zero-order valence-electron chi connectivity index (χ0n) is 8.55. The number of rotatable bonds is 3. The number of aromatic nitrogens is 1. The SMILES string of the molecule is Cc1nc(C(C)(C)CON)oc1C. The van der Waals surface area contributed by atoms with Gasteiger partial charge in [0.25, 0.3) is 0 Å². The fraction of sp³-hybridized carbons (Fsp3) is 0.667. The van der Waals surface area contributed by atoms with Gasteiger partial charge in [-0.15, -0.1) is 0 Å². The average molecular weight is 184 g/mol. The standard InChI is InChI=1S/C9H16N2O2/c1-6-7(2)13-8(11-6)9(3,4)5-12-10/h5,10H2,1-4H3. The van der Waals surface area contributed by atoms with Crippen molar-refractivity contribution in [3.8, 4) is 0 Å². The Hall–Kier alpha value is -0.870. The molecular weight excluding hydrogens is 168 g/mol. The van der Waals surface area contributed by atoms with E-state index in [2.05, 4.69) is 9.82 Å². The van der Waals surface area contributed by atoms with Crippen molar-refractivity contribution in [1.82, 2.24) is 4.98 Å². The number of hydrogen-bond donors (Lipinski definition) is 1. The molecule has 4 heteroatoms. The normalized spacial score (nSPS) is 12.1. The van der Waals surface area contributed by atoms with Gasteiger partial charge in [0.2, 0.25) is 5.89 Å².